The number of nitrogens with one attached hydrogen (secondary N) is 1. The maximum atomic E-state index is 10.3. The van der Waals surface area contributed by atoms with Gasteiger partial charge in [0.15, 0.2) is 0 Å². The molecule has 0 aliphatic carbocycles. The number of rotatable bonds is 7. The fraction of sp³-hybridized carbons (Fsp3) is 1.00. The number of hydrogen-bond donors (Lipinski definition) is 5. The third kappa shape index (κ3) is 25.2. The number of hydrogen-bond acceptors (Lipinski definition) is 5. The van der Waals surface area contributed by atoms with Crippen LogP contribution in [0.15, 0.2) is 0 Å². The van der Waals surface area contributed by atoms with Crippen molar-refractivity contribution in [2.45, 2.75) is 13.3 Å². The van der Waals surface area contributed by atoms with Crippen LogP contribution in [-0.2, 0) is 4.57 Å². The van der Waals surface area contributed by atoms with Crippen LogP contribution in [0.1, 0.15) is 13.3 Å². The molecule has 5 nitrogen and oxygen atoms in total. The van der Waals surface area contributed by atoms with Gasteiger partial charge in [-0.25, -0.2) is 4.57 Å². The maximum Gasteiger partial charge on any atom is 0.384 e. The Morgan fingerprint density at radius 3 is 2.40 bits per heavy atom. The molecular formula is C7H21N2O3PS2. The second kappa shape index (κ2) is 12.8. The van der Waals surface area contributed by atoms with Crippen molar-refractivity contribution in [2.75, 3.05) is 31.1 Å². The molecule has 0 heterocycles. The van der Waals surface area contributed by atoms with E-state index in [4.69, 9.17) is 15.5 Å². The smallest absolute Gasteiger partial charge is 0.330 e. The first-order chi connectivity index (χ1) is 6.97. The largest absolute Gasteiger partial charge is 0.384 e. The summed E-state index contributed by atoms with van der Waals surface area (Å²) >= 11 is 4.45. The molecule has 0 saturated carbocycles. The van der Waals surface area contributed by atoms with Crippen molar-refractivity contribution < 1.29 is 14.4 Å². The summed E-state index contributed by atoms with van der Waals surface area (Å²) in [4.78, 5) is 16.9. The van der Waals surface area contributed by atoms with Crippen LogP contribution < -0.4 is 11.1 Å². The first-order valence-corrected chi connectivity index (χ1v) is 8.53. The Morgan fingerprint density at radius 1 is 1.47 bits per heavy atom. The Labute approximate surface area is 101 Å². The molecule has 94 valence electrons. The van der Waals surface area contributed by atoms with E-state index in [9.17, 15) is 4.57 Å². The van der Waals surface area contributed by atoms with E-state index in [0.29, 0.717) is 30.2 Å². The molecule has 0 bridgehead atoms. The van der Waals surface area contributed by atoms with Gasteiger partial charge < -0.3 is 20.8 Å². The summed E-state index contributed by atoms with van der Waals surface area (Å²) in [5.74, 6) is 1.37. The zero-order valence-electron chi connectivity index (χ0n) is 8.93. The van der Waals surface area contributed by atoms with Gasteiger partial charge in [-0.05, 0) is 36.6 Å². The van der Waals surface area contributed by atoms with Crippen molar-refractivity contribution in [3.63, 3.8) is 0 Å². The van der Waals surface area contributed by atoms with Crippen LogP contribution in [0.3, 0.4) is 0 Å². The molecule has 8 heteroatoms. The first-order valence-electron chi connectivity index (χ1n) is 4.69. The molecule has 0 aliphatic rings. The Bertz CT molecular complexity index is 168. The lowest BCUT2D eigenvalue weighted by Crippen LogP contribution is -2.20. The molecule has 0 fully saturated rings. The number of nitrogens with two attached hydrogens (primary N) is 1. The fourth-order valence-corrected chi connectivity index (χ4v) is 2.05. The van der Waals surface area contributed by atoms with Crippen LogP contribution in [0.25, 0.3) is 0 Å². The van der Waals surface area contributed by atoms with E-state index >= 15 is 0 Å². The van der Waals surface area contributed by atoms with Crippen LogP contribution in [-0.4, -0.2) is 40.9 Å². The standard InChI is InChI=1S/C5H15N2O3PS.C2H6S/c6-2-1-3-7-4-5-12-11(8,9)10;1-2-3/h7H,1-6H2,(H2,8,9,10);3H,2H2,1H3. The Hall–Kier alpha value is 0.770. The van der Waals surface area contributed by atoms with Gasteiger partial charge >= 0.3 is 6.80 Å². The van der Waals surface area contributed by atoms with Crippen LogP contribution in [0, 0.1) is 0 Å². The molecule has 0 aromatic carbocycles. The van der Waals surface area contributed by atoms with Crippen LogP contribution in [0.4, 0.5) is 0 Å². The van der Waals surface area contributed by atoms with Crippen molar-refractivity contribution in [3.8, 4) is 0 Å². The summed E-state index contributed by atoms with van der Waals surface area (Å²) in [6.07, 6.45) is 0.889. The predicted octanol–water partition coefficient (Wildman–Crippen LogP) is 0.687. The highest BCUT2D eigenvalue weighted by Gasteiger charge is 2.11. The van der Waals surface area contributed by atoms with Gasteiger partial charge in [-0.15, -0.1) is 0 Å². The summed E-state index contributed by atoms with van der Waals surface area (Å²) in [5, 5.41) is 3.01. The summed E-state index contributed by atoms with van der Waals surface area (Å²) in [6.45, 7) is 0.168. The molecule has 0 aromatic heterocycles. The van der Waals surface area contributed by atoms with Crippen LogP contribution in [0.2, 0.25) is 0 Å². The summed E-state index contributed by atoms with van der Waals surface area (Å²) < 4.78 is 10.3. The minimum Gasteiger partial charge on any atom is -0.330 e. The third-order valence-electron chi connectivity index (χ3n) is 1.10. The molecule has 0 amide bonds. The molecule has 0 unspecified atom stereocenters. The van der Waals surface area contributed by atoms with Crippen molar-refractivity contribution in [1.29, 1.82) is 0 Å². The fourth-order valence-electron chi connectivity index (χ4n) is 0.589. The van der Waals surface area contributed by atoms with Crippen LogP contribution in [0.5, 0.6) is 0 Å². The van der Waals surface area contributed by atoms with E-state index in [1.165, 1.54) is 0 Å². The van der Waals surface area contributed by atoms with E-state index in [0.717, 1.165) is 18.7 Å². The average molecular weight is 276 g/mol. The van der Waals surface area contributed by atoms with E-state index in [2.05, 4.69) is 17.9 Å². The van der Waals surface area contributed by atoms with Crippen molar-refractivity contribution in [2.24, 2.45) is 5.73 Å². The lowest BCUT2D eigenvalue weighted by atomic mass is 10.4. The average Bonchev–Trinajstić information content (AvgIpc) is 2.11. The van der Waals surface area contributed by atoms with Crippen molar-refractivity contribution in [3.05, 3.63) is 0 Å². The lowest BCUT2D eigenvalue weighted by Gasteiger charge is -2.04. The van der Waals surface area contributed by atoms with E-state index in [-0.39, 0.29) is 0 Å². The van der Waals surface area contributed by atoms with E-state index in [1.807, 2.05) is 6.92 Å². The highest BCUT2D eigenvalue weighted by atomic mass is 32.7. The third-order valence-corrected chi connectivity index (χ3v) is 3.38. The number of thiol groups is 1. The van der Waals surface area contributed by atoms with Gasteiger partial charge in [0, 0.05) is 12.3 Å². The zero-order chi connectivity index (χ0) is 12.2. The maximum absolute atomic E-state index is 10.3. The Balaban J connectivity index is 0. The molecule has 15 heavy (non-hydrogen) atoms. The highest BCUT2D eigenvalue weighted by molar-refractivity contribution is 8.54. The van der Waals surface area contributed by atoms with Gasteiger partial charge in [0.1, 0.15) is 0 Å². The quantitative estimate of drug-likeness (QED) is 0.267. The summed E-state index contributed by atoms with van der Waals surface area (Å²) in [7, 11) is 0. The zero-order valence-corrected chi connectivity index (χ0v) is 11.5. The van der Waals surface area contributed by atoms with Gasteiger partial charge in [0.2, 0.25) is 0 Å². The molecule has 0 saturated heterocycles. The van der Waals surface area contributed by atoms with Gasteiger partial charge in [-0.2, -0.15) is 12.6 Å². The van der Waals surface area contributed by atoms with Gasteiger partial charge in [0.25, 0.3) is 0 Å². The molecule has 0 radical (unpaired) electrons. The second-order valence-corrected chi connectivity index (χ2v) is 7.01. The van der Waals surface area contributed by atoms with Crippen molar-refractivity contribution in [1.82, 2.24) is 5.32 Å². The molecule has 0 atom stereocenters. The molecule has 0 rings (SSSR count). The van der Waals surface area contributed by atoms with E-state index < -0.39 is 6.80 Å². The monoisotopic (exact) mass is 276 g/mol. The molecule has 0 aliphatic heterocycles. The Morgan fingerprint density at radius 2 is 2.00 bits per heavy atom. The van der Waals surface area contributed by atoms with E-state index in [1.54, 1.807) is 0 Å². The van der Waals surface area contributed by atoms with Crippen LogP contribution >= 0.6 is 30.8 Å². The van der Waals surface area contributed by atoms with Gasteiger partial charge in [0.05, 0.1) is 0 Å². The molecule has 0 aromatic rings. The minimum absolute atomic E-state index is 0.425. The normalized spacial score (nSPS) is 10.7. The predicted molar refractivity (Wildman–Crippen MR) is 70.6 cm³/mol. The summed E-state index contributed by atoms with van der Waals surface area (Å²) in [5.41, 5.74) is 5.24. The lowest BCUT2D eigenvalue weighted by molar-refractivity contribution is 0.397. The SMILES string of the molecule is CCS.NCCCNCCSP(=O)(O)O. The molecule has 0 spiro atoms. The topological polar surface area (TPSA) is 95.6 Å². The Kier molecular flexibility index (Phi) is 15.5. The summed E-state index contributed by atoms with van der Waals surface area (Å²) in [6, 6.07) is 0. The molecule has 5 N–H and O–H groups in total. The first kappa shape index (κ1) is 18.1. The van der Waals surface area contributed by atoms with Gasteiger partial charge in [-0.1, -0.05) is 6.92 Å². The minimum atomic E-state index is -3.87. The highest BCUT2D eigenvalue weighted by Crippen LogP contribution is 2.49. The van der Waals surface area contributed by atoms with Gasteiger partial charge in [-0.3, -0.25) is 0 Å². The molecular weight excluding hydrogens is 255 g/mol. The van der Waals surface area contributed by atoms with Crippen molar-refractivity contribution >= 4 is 30.8 Å². The second-order valence-electron chi connectivity index (χ2n) is 2.53.